The second kappa shape index (κ2) is 4.47. The molecule has 0 atom stereocenters. The maximum absolute atomic E-state index is 6.13. The van der Waals surface area contributed by atoms with Gasteiger partial charge in [0.2, 0.25) is 0 Å². The molecule has 20 heavy (non-hydrogen) atoms. The quantitative estimate of drug-likeness (QED) is 0.855. The number of anilines is 1. The minimum absolute atomic E-state index is 0.350. The lowest BCUT2D eigenvalue weighted by Crippen LogP contribution is -2.41. The number of rotatable bonds is 3. The molecule has 0 unspecified atom stereocenters. The standard InChI is InChI=1S/C15H23BN2O2/c1-14(2)15(3,4)20-16(19-14)12-11(9-10-5-6-10)7-8-18-13(12)17/h7-8,10H,5-6,9H2,1-4H3,(H2,17,18). The van der Waals surface area contributed by atoms with Crippen LogP contribution >= 0.6 is 0 Å². The third-order valence-corrected chi connectivity index (χ3v) is 4.81. The molecule has 108 valence electrons. The molecule has 1 aromatic heterocycles. The molecule has 1 aliphatic heterocycles. The number of nitrogens with two attached hydrogens (primary N) is 1. The number of aromatic nitrogens is 1. The maximum Gasteiger partial charge on any atom is 0.498 e. The second-order valence-corrected chi connectivity index (χ2v) is 7.00. The van der Waals surface area contributed by atoms with Gasteiger partial charge >= 0.3 is 7.12 Å². The Kier molecular flexibility index (Phi) is 3.10. The van der Waals surface area contributed by atoms with E-state index in [-0.39, 0.29) is 11.2 Å². The number of hydrogen-bond acceptors (Lipinski definition) is 4. The van der Waals surface area contributed by atoms with E-state index in [2.05, 4.69) is 38.7 Å². The van der Waals surface area contributed by atoms with Gasteiger partial charge in [-0.1, -0.05) is 0 Å². The lowest BCUT2D eigenvalue weighted by atomic mass is 9.75. The molecule has 0 radical (unpaired) electrons. The van der Waals surface area contributed by atoms with E-state index >= 15 is 0 Å². The molecule has 1 saturated heterocycles. The predicted molar refractivity (Wildman–Crippen MR) is 80.8 cm³/mol. The summed E-state index contributed by atoms with van der Waals surface area (Å²) in [5.74, 6) is 1.32. The number of nitrogens with zero attached hydrogens (tertiary/aromatic N) is 1. The molecule has 5 heteroatoms. The van der Waals surface area contributed by atoms with Gasteiger partial charge in [-0.25, -0.2) is 4.98 Å². The van der Waals surface area contributed by atoms with Crippen molar-refractivity contribution in [2.45, 2.75) is 58.2 Å². The topological polar surface area (TPSA) is 57.4 Å². The minimum Gasteiger partial charge on any atom is -0.399 e. The second-order valence-electron chi connectivity index (χ2n) is 7.00. The summed E-state index contributed by atoms with van der Waals surface area (Å²) in [5.41, 5.74) is 7.55. The van der Waals surface area contributed by atoms with Crippen molar-refractivity contribution in [3.63, 3.8) is 0 Å². The first kappa shape index (κ1) is 13.9. The van der Waals surface area contributed by atoms with Gasteiger partial charge < -0.3 is 15.0 Å². The van der Waals surface area contributed by atoms with Crippen molar-refractivity contribution in [3.8, 4) is 0 Å². The third-order valence-electron chi connectivity index (χ3n) is 4.81. The van der Waals surface area contributed by atoms with Crippen LogP contribution in [0, 0.1) is 5.92 Å². The monoisotopic (exact) mass is 274 g/mol. The van der Waals surface area contributed by atoms with E-state index in [1.165, 1.54) is 18.4 Å². The first-order chi connectivity index (χ1) is 9.30. The van der Waals surface area contributed by atoms with Crippen molar-refractivity contribution >= 4 is 18.4 Å². The maximum atomic E-state index is 6.13. The molecule has 2 aliphatic rings. The average Bonchev–Trinajstić information content (AvgIpc) is 3.07. The Labute approximate surface area is 121 Å². The highest BCUT2D eigenvalue weighted by molar-refractivity contribution is 6.64. The smallest absolute Gasteiger partial charge is 0.399 e. The van der Waals surface area contributed by atoms with Crippen LogP contribution in [0.5, 0.6) is 0 Å². The van der Waals surface area contributed by atoms with Gasteiger partial charge in [0.15, 0.2) is 0 Å². The van der Waals surface area contributed by atoms with E-state index in [0.717, 1.165) is 17.8 Å². The van der Waals surface area contributed by atoms with Gasteiger partial charge in [-0.2, -0.15) is 0 Å². The van der Waals surface area contributed by atoms with Gasteiger partial charge in [0.25, 0.3) is 0 Å². The summed E-state index contributed by atoms with van der Waals surface area (Å²) in [4.78, 5) is 4.23. The molecule has 0 spiro atoms. The van der Waals surface area contributed by atoms with E-state index < -0.39 is 7.12 Å². The molecule has 1 aliphatic carbocycles. The molecule has 3 rings (SSSR count). The SMILES string of the molecule is CC1(C)OB(c2c(CC3CC3)ccnc2N)OC1(C)C. The highest BCUT2D eigenvalue weighted by atomic mass is 16.7. The molecule has 0 aromatic carbocycles. The van der Waals surface area contributed by atoms with Crippen LogP contribution in [-0.2, 0) is 15.7 Å². The molecule has 1 saturated carbocycles. The fourth-order valence-corrected chi connectivity index (χ4v) is 2.58. The fraction of sp³-hybridized carbons (Fsp3) is 0.667. The van der Waals surface area contributed by atoms with Crippen molar-refractivity contribution in [2.24, 2.45) is 5.92 Å². The number of pyridine rings is 1. The normalized spacial score (nSPS) is 24.1. The Balaban J connectivity index is 1.94. The van der Waals surface area contributed by atoms with E-state index in [1.54, 1.807) is 6.20 Å². The summed E-state index contributed by atoms with van der Waals surface area (Å²) in [6.45, 7) is 8.22. The molecule has 4 nitrogen and oxygen atoms in total. The lowest BCUT2D eigenvalue weighted by molar-refractivity contribution is 0.00578. The molecular weight excluding hydrogens is 251 g/mol. The van der Waals surface area contributed by atoms with Crippen molar-refractivity contribution in [1.82, 2.24) is 4.98 Å². The first-order valence-electron chi connectivity index (χ1n) is 7.39. The van der Waals surface area contributed by atoms with Gasteiger partial charge in [0.1, 0.15) is 5.82 Å². The molecule has 1 aromatic rings. The van der Waals surface area contributed by atoms with Crippen molar-refractivity contribution in [1.29, 1.82) is 0 Å². The zero-order valence-corrected chi connectivity index (χ0v) is 12.8. The number of hydrogen-bond donors (Lipinski definition) is 1. The fourth-order valence-electron chi connectivity index (χ4n) is 2.58. The highest BCUT2D eigenvalue weighted by Crippen LogP contribution is 2.38. The molecule has 0 bridgehead atoms. The Morgan fingerprint density at radius 3 is 2.40 bits per heavy atom. The lowest BCUT2D eigenvalue weighted by Gasteiger charge is -2.32. The van der Waals surface area contributed by atoms with E-state index in [4.69, 9.17) is 15.0 Å². The van der Waals surface area contributed by atoms with Crippen LogP contribution in [0.1, 0.15) is 46.1 Å². The van der Waals surface area contributed by atoms with Crippen molar-refractivity contribution in [2.75, 3.05) is 5.73 Å². The summed E-state index contributed by atoms with van der Waals surface area (Å²) in [7, 11) is -0.414. The Hall–Kier alpha value is -1.07. The average molecular weight is 274 g/mol. The predicted octanol–water partition coefficient (Wildman–Crippen LogP) is 1.92. The zero-order valence-electron chi connectivity index (χ0n) is 12.8. The molecule has 0 amide bonds. The van der Waals surface area contributed by atoms with E-state index in [0.29, 0.717) is 5.82 Å². The molecule has 2 heterocycles. The van der Waals surface area contributed by atoms with E-state index in [9.17, 15) is 0 Å². The van der Waals surface area contributed by atoms with Crippen LogP contribution in [0.25, 0.3) is 0 Å². The minimum atomic E-state index is -0.414. The summed E-state index contributed by atoms with van der Waals surface area (Å²) < 4.78 is 12.3. The van der Waals surface area contributed by atoms with Gasteiger partial charge in [0, 0.05) is 11.7 Å². The summed E-state index contributed by atoms with van der Waals surface area (Å²) in [6.07, 6.45) is 5.45. The van der Waals surface area contributed by atoms with Crippen LogP contribution in [0.2, 0.25) is 0 Å². The van der Waals surface area contributed by atoms with Gasteiger partial charge in [0.05, 0.1) is 11.2 Å². The third kappa shape index (κ3) is 2.33. The van der Waals surface area contributed by atoms with E-state index in [1.807, 2.05) is 0 Å². The largest absolute Gasteiger partial charge is 0.498 e. The number of nitrogen functional groups attached to an aromatic ring is 1. The van der Waals surface area contributed by atoms with Crippen LogP contribution in [0.15, 0.2) is 12.3 Å². The van der Waals surface area contributed by atoms with Crippen LogP contribution in [0.3, 0.4) is 0 Å². The summed E-state index contributed by atoms with van der Waals surface area (Å²) in [6, 6.07) is 2.05. The summed E-state index contributed by atoms with van der Waals surface area (Å²) in [5, 5.41) is 0. The first-order valence-corrected chi connectivity index (χ1v) is 7.39. The molecular formula is C15H23BN2O2. The summed E-state index contributed by atoms with van der Waals surface area (Å²) >= 11 is 0. The van der Waals surface area contributed by atoms with Gasteiger partial charge in [-0.05, 0) is 64.5 Å². The van der Waals surface area contributed by atoms with Gasteiger partial charge in [-0.3, -0.25) is 0 Å². The Morgan fingerprint density at radius 1 is 1.25 bits per heavy atom. The van der Waals surface area contributed by atoms with Crippen LogP contribution in [-0.4, -0.2) is 23.3 Å². The Bertz CT molecular complexity index is 511. The zero-order chi connectivity index (χ0) is 14.5. The van der Waals surface area contributed by atoms with Crippen LogP contribution < -0.4 is 11.2 Å². The molecule has 2 fully saturated rings. The molecule has 2 N–H and O–H groups in total. The van der Waals surface area contributed by atoms with Crippen molar-refractivity contribution < 1.29 is 9.31 Å². The Morgan fingerprint density at radius 2 is 1.85 bits per heavy atom. The van der Waals surface area contributed by atoms with Crippen LogP contribution in [0.4, 0.5) is 5.82 Å². The van der Waals surface area contributed by atoms with Gasteiger partial charge in [-0.15, -0.1) is 0 Å². The highest BCUT2D eigenvalue weighted by Gasteiger charge is 2.53. The van der Waals surface area contributed by atoms with Crippen molar-refractivity contribution in [3.05, 3.63) is 17.8 Å².